The molecule has 0 amide bonds. The van der Waals surface area contributed by atoms with E-state index < -0.39 is 6.10 Å². The lowest BCUT2D eigenvalue weighted by atomic mass is 9.92. The predicted octanol–water partition coefficient (Wildman–Crippen LogP) is 4.01. The van der Waals surface area contributed by atoms with Crippen molar-refractivity contribution in [2.45, 2.75) is 44.9 Å². The van der Waals surface area contributed by atoms with Gasteiger partial charge in [-0.25, -0.2) is 9.07 Å². The van der Waals surface area contributed by atoms with E-state index in [1.54, 1.807) is 6.07 Å². The first-order chi connectivity index (χ1) is 16.5. The van der Waals surface area contributed by atoms with Gasteiger partial charge in [0.2, 0.25) is 5.95 Å². The van der Waals surface area contributed by atoms with Gasteiger partial charge in [0.15, 0.2) is 5.82 Å². The van der Waals surface area contributed by atoms with Crippen LogP contribution in [0.1, 0.15) is 42.4 Å². The van der Waals surface area contributed by atoms with Crippen molar-refractivity contribution in [1.82, 2.24) is 25.0 Å². The first kappa shape index (κ1) is 21.7. The third-order valence-corrected chi connectivity index (χ3v) is 7.40. The largest absolute Gasteiger partial charge is 0.369 e. The quantitative estimate of drug-likeness (QED) is 0.600. The number of aromatic nitrogens is 5. The second-order valence-corrected chi connectivity index (χ2v) is 9.99. The van der Waals surface area contributed by atoms with Gasteiger partial charge in [0.05, 0.1) is 17.6 Å². The molecule has 4 atom stereocenters. The predicted molar refractivity (Wildman–Crippen MR) is 126 cm³/mol. The Kier molecular flexibility index (Phi) is 5.61. The van der Waals surface area contributed by atoms with Crippen LogP contribution < -0.4 is 10.2 Å². The van der Waals surface area contributed by atoms with Gasteiger partial charge in [0, 0.05) is 37.3 Å². The maximum Gasteiger partial charge on any atom is 0.242 e. The molecule has 10 heteroatoms. The summed E-state index contributed by atoms with van der Waals surface area (Å²) in [5.74, 6) is 1.92. The summed E-state index contributed by atoms with van der Waals surface area (Å²) in [6, 6.07) is 6.91. The number of nitrogens with one attached hydrogen (secondary N) is 1. The standard InChI is InChI=1S/C24H27ClFN7O/c1-14-7-20(11-27-30-14)32-12-15-3-4-16(13-32)21(15)28-24-29-23-22(34-6-2-5-33(23)31-24)17-8-18(25)10-19(26)9-17/h7-11,15-16,21-22H,2-6,12-13H2,1H3,(H,28,31)/t15-,16+,21-,22-/m0/s1. The van der Waals surface area contributed by atoms with E-state index in [1.807, 2.05) is 17.8 Å². The van der Waals surface area contributed by atoms with Crippen molar-refractivity contribution in [3.63, 3.8) is 0 Å². The average Bonchev–Trinajstić information content (AvgIpc) is 3.20. The zero-order chi connectivity index (χ0) is 23.2. The molecule has 4 heterocycles. The number of ether oxygens (including phenoxy) is 1. The summed E-state index contributed by atoms with van der Waals surface area (Å²) >= 11 is 6.11. The number of halogens is 2. The van der Waals surface area contributed by atoms with Crippen LogP contribution in [-0.2, 0) is 11.3 Å². The Morgan fingerprint density at radius 3 is 2.74 bits per heavy atom. The van der Waals surface area contributed by atoms with Crippen LogP contribution in [0.5, 0.6) is 0 Å². The van der Waals surface area contributed by atoms with E-state index in [0.717, 1.165) is 30.9 Å². The van der Waals surface area contributed by atoms with Crippen LogP contribution in [0.2, 0.25) is 5.02 Å². The van der Waals surface area contributed by atoms with Crippen LogP contribution in [0.15, 0.2) is 30.5 Å². The number of benzene rings is 1. The number of aryl methyl sites for hydroxylation is 2. The molecule has 3 aliphatic rings. The Balaban J connectivity index is 1.22. The maximum absolute atomic E-state index is 14.0. The van der Waals surface area contributed by atoms with E-state index in [4.69, 9.17) is 26.4 Å². The van der Waals surface area contributed by atoms with E-state index in [9.17, 15) is 4.39 Å². The zero-order valence-electron chi connectivity index (χ0n) is 19.0. The molecule has 0 radical (unpaired) electrons. The molecule has 1 aromatic carbocycles. The van der Waals surface area contributed by atoms with E-state index in [2.05, 4.69) is 26.5 Å². The zero-order valence-corrected chi connectivity index (χ0v) is 19.7. The number of fused-ring (bicyclic) bond motifs is 3. The Morgan fingerprint density at radius 1 is 1.15 bits per heavy atom. The van der Waals surface area contributed by atoms with Crippen molar-refractivity contribution < 1.29 is 9.13 Å². The molecule has 6 rings (SSSR count). The van der Waals surface area contributed by atoms with Crippen molar-refractivity contribution in [2.24, 2.45) is 11.8 Å². The molecule has 178 valence electrons. The second kappa shape index (κ2) is 8.78. The Labute approximate surface area is 202 Å². The van der Waals surface area contributed by atoms with Crippen molar-refractivity contribution >= 4 is 23.2 Å². The number of hydrogen-bond donors (Lipinski definition) is 1. The molecule has 2 aromatic heterocycles. The first-order valence-corrected chi connectivity index (χ1v) is 12.2. The highest BCUT2D eigenvalue weighted by Crippen LogP contribution is 2.40. The maximum atomic E-state index is 14.0. The van der Waals surface area contributed by atoms with Crippen LogP contribution in [0.4, 0.5) is 16.0 Å². The molecular weight excluding hydrogens is 457 g/mol. The first-order valence-electron chi connectivity index (χ1n) is 11.9. The van der Waals surface area contributed by atoms with E-state index >= 15 is 0 Å². The Bertz CT molecular complexity index is 1170. The minimum absolute atomic E-state index is 0.321. The summed E-state index contributed by atoms with van der Waals surface area (Å²) in [4.78, 5) is 7.25. The van der Waals surface area contributed by atoms with Gasteiger partial charge in [0.25, 0.3) is 0 Å². The summed E-state index contributed by atoms with van der Waals surface area (Å²) in [5, 5.41) is 17.0. The summed E-state index contributed by atoms with van der Waals surface area (Å²) in [5.41, 5.74) is 2.73. The fourth-order valence-electron chi connectivity index (χ4n) is 5.69. The lowest BCUT2D eigenvalue weighted by Crippen LogP contribution is -2.48. The fraction of sp³-hybridized carbons (Fsp3) is 0.500. The van der Waals surface area contributed by atoms with Crippen LogP contribution in [0.25, 0.3) is 0 Å². The number of hydrogen-bond acceptors (Lipinski definition) is 7. The molecule has 0 spiro atoms. The highest BCUT2D eigenvalue weighted by Gasteiger charge is 2.43. The smallest absolute Gasteiger partial charge is 0.242 e. The highest BCUT2D eigenvalue weighted by atomic mass is 35.5. The third kappa shape index (κ3) is 4.11. The van der Waals surface area contributed by atoms with Gasteiger partial charge in [-0.1, -0.05) is 11.6 Å². The van der Waals surface area contributed by atoms with Crippen molar-refractivity contribution in [3.8, 4) is 0 Å². The molecular formula is C24H27ClFN7O. The van der Waals surface area contributed by atoms with Crippen LogP contribution >= 0.6 is 11.6 Å². The summed E-state index contributed by atoms with van der Waals surface area (Å²) in [7, 11) is 0. The van der Waals surface area contributed by atoms with Gasteiger partial charge in [0.1, 0.15) is 11.9 Å². The lowest BCUT2D eigenvalue weighted by molar-refractivity contribution is 0.0810. The number of nitrogens with zero attached hydrogens (tertiary/aromatic N) is 6. The van der Waals surface area contributed by atoms with E-state index in [0.29, 0.717) is 53.4 Å². The monoisotopic (exact) mass is 483 g/mol. The van der Waals surface area contributed by atoms with Gasteiger partial charge in [-0.2, -0.15) is 15.2 Å². The normalized spacial score (nSPS) is 26.3. The molecule has 34 heavy (non-hydrogen) atoms. The summed E-state index contributed by atoms with van der Waals surface area (Å²) in [6.07, 6.45) is 4.53. The van der Waals surface area contributed by atoms with Crippen molar-refractivity contribution in [1.29, 1.82) is 0 Å². The van der Waals surface area contributed by atoms with Gasteiger partial charge in [-0.3, -0.25) is 0 Å². The SMILES string of the molecule is Cc1cc(N2C[C@H]3CC[C@@H](C2)[C@@H]3Nc2nc3n(n2)CCCO[C@H]3c2cc(F)cc(Cl)c2)cnn1. The molecule has 2 bridgehead atoms. The Morgan fingerprint density at radius 2 is 1.97 bits per heavy atom. The van der Waals surface area contributed by atoms with Crippen molar-refractivity contribution in [2.75, 3.05) is 29.9 Å². The van der Waals surface area contributed by atoms with Crippen LogP contribution in [0, 0.1) is 24.6 Å². The Hall–Kier alpha value is -2.78. The van der Waals surface area contributed by atoms with Gasteiger partial charge in [-0.05, 0) is 67.9 Å². The molecule has 0 unspecified atom stereocenters. The molecule has 1 saturated heterocycles. The minimum atomic E-state index is -0.500. The highest BCUT2D eigenvalue weighted by molar-refractivity contribution is 6.30. The van der Waals surface area contributed by atoms with Crippen LogP contribution in [0.3, 0.4) is 0 Å². The molecule has 1 aliphatic carbocycles. The fourth-order valence-corrected chi connectivity index (χ4v) is 5.92. The van der Waals surface area contributed by atoms with Gasteiger partial charge in [-0.15, -0.1) is 5.10 Å². The summed E-state index contributed by atoms with van der Waals surface area (Å²) < 4.78 is 22.0. The van der Waals surface area contributed by atoms with Gasteiger partial charge < -0.3 is 15.0 Å². The average molecular weight is 484 g/mol. The molecule has 2 fully saturated rings. The summed E-state index contributed by atoms with van der Waals surface area (Å²) in [6.45, 7) is 5.19. The topological polar surface area (TPSA) is 81.0 Å². The molecule has 1 saturated carbocycles. The number of piperidine rings is 1. The third-order valence-electron chi connectivity index (χ3n) is 7.18. The number of anilines is 2. The lowest BCUT2D eigenvalue weighted by Gasteiger charge is -2.39. The molecule has 8 nitrogen and oxygen atoms in total. The molecule has 3 aromatic rings. The van der Waals surface area contributed by atoms with E-state index in [1.165, 1.54) is 25.0 Å². The molecule has 2 aliphatic heterocycles. The van der Waals surface area contributed by atoms with Crippen molar-refractivity contribution in [3.05, 3.63) is 58.4 Å². The van der Waals surface area contributed by atoms with Gasteiger partial charge >= 0.3 is 0 Å². The van der Waals surface area contributed by atoms with Crippen LogP contribution in [-0.4, -0.2) is 50.7 Å². The molecule has 1 N–H and O–H groups in total. The van der Waals surface area contributed by atoms with E-state index in [-0.39, 0.29) is 5.82 Å². The number of rotatable bonds is 4. The minimum Gasteiger partial charge on any atom is -0.369 e. The second-order valence-electron chi connectivity index (χ2n) is 9.55.